The summed E-state index contributed by atoms with van der Waals surface area (Å²) in [4.78, 5) is 2.18. The van der Waals surface area contributed by atoms with E-state index in [1.807, 2.05) is 0 Å². The van der Waals surface area contributed by atoms with Crippen LogP contribution in [0, 0.1) is 5.92 Å². The summed E-state index contributed by atoms with van der Waals surface area (Å²) in [6.07, 6.45) is 5.33. The van der Waals surface area contributed by atoms with Crippen LogP contribution in [0.3, 0.4) is 0 Å². The van der Waals surface area contributed by atoms with Crippen molar-refractivity contribution in [3.05, 3.63) is 0 Å². The van der Waals surface area contributed by atoms with Crippen molar-refractivity contribution in [2.24, 2.45) is 5.92 Å². The highest BCUT2D eigenvalue weighted by Crippen LogP contribution is 2.26. The van der Waals surface area contributed by atoms with Gasteiger partial charge in [0.05, 0.1) is 0 Å². The van der Waals surface area contributed by atoms with E-state index in [1.54, 1.807) is 0 Å². The van der Waals surface area contributed by atoms with E-state index in [0.29, 0.717) is 0 Å². The quantitative estimate of drug-likeness (QED) is 0.699. The van der Waals surface area contributed by atoms with Crippen LogP contribution >= 0.6 is 12.2 Å². The lowest BCUT2D eigenvalue weighted by atomic mass is 9.85. The lowest BCUT2D eigenvalue weighted by molar-refractivity contribution is 0.257. The molecular weight excluding hydrogens is 180 g/mol. The highest BCUT2D eigenvalue weighted by molar-refractivity contribution is 7.80. The summed E-state index contributed by atoms with van der Waals surface area (Å²) in [5.41, 5.74) is 0. The number of hydrogen-bond donors (Lipinski definition) is 1. The van der Waals surface area contributed by atoms with Crippen LogP contribution in [0.1, 0.15) is 32.6 Å². The molecular formula is C10H20N2S. The molecule has 1 aliphatic rings. The minimum absolute atomic E-state index is 0.895. The number of nitrogens with one attached hydrogen (secondary N) is 1. The first-order valence-electron chi connectivity index (χ1n) is 5.23. The summed E-state index contributed by atoms with van der Waals surface area (Å²) in [7, 11) is 2.09. The maximum atomic E-state index is 5.25. The number of rotatable bonds is 4. The zero-order valence-electron chi connectivity index (χ0n) is 8.68. The molecule has 1 saturated carbocycles. The molecule has 0 unspecified atom stereocenters. The molecule has 0 atom stereocenters. The molecule has 0 bridgehead atoms. The number of hydrogen-bond acceptors (Lipinski definition) is 1. The average molecular weight is 200 g/mol. The fourth-order valence-electron chi connectivity index (χ4n) is 1.51. The minimum atomic E-state index is 0.895. The molecule has 2 nitrogen and oxygen atoms in total. The molecule has 1 rings (SSSR count). The van der Waals surface area contributed by atoms with Crippen LogP contribution in [-0.2, 0) is 0 Å². The standard InChI is InChI=1S/C10H20N2S/c1-3-7-11-10(13)12(2)8-9-5-4-6-9/h9H,3-8H2,1-2H3,(H,11,13). The third-order valence-corrected chi connectivity index (χ3v) is 3.09. The summed E-state index contributed by atoms with van der Waals surface area (Å²) in [6.45, 7) is 4.28. The van der Waals surface area contributed by atoms with Crippen molar-refractivity contribution in [3.63, 3.8) is 0 Å². The Morgan fingerprint density at radius 3 is 2.69 bits per heavy atom. The van der Waals surface area contributed by atoms with Crippen LogP contribution in [0.5, 0.6) is 0 Å². The van der Waals surface area contributed by atoms with Gasteiger partial charge in [-0.3, -0.25) is 0 Å². The third kappa shape index (κ3) is 3.51. The van der Waals surface area contributed by atoms with Crippen molar-refractivity contribution in [3.8, 4) is 0 Å². The average Bonchev–Trinajstić information content (AvgIpc) is 2.06. The van der Waals surface area contributed by atoms with Gasteiger partial charge < -0.3 is 10.2 Å². The van der Waals surface area contributed by atoms with Crippen LogP contribution in [-0.4, -0.2) is 30.1 Å². The monoisotopic (exact) mass is 200 g/mol. The first-order valence-corrected chi connectivity index (χ1v) is 5.63. The van der Waals surface area contributed by atoms with Crippen LogP contribution in [0.4, 0.5) is 0 Å². The summed E-state index contributed by atoms with van der Waals surface area (Å²) in [5.74, 6) is 0.895. The highest BCUT2D eigenvalue weighted by atomic mass is 32.1. The van der Waals surface area contributed by atoms with Crippen molar-refractivity contribution in [2.75, 3.05) is 20.1 Å². The van der Waals surface area contributed by atoms with E-state index < -0.39 is 0 Å². The molecule has 3 heteroatoms. The lowest BCUT2D eigenvalue weighted by Crippen LogP contribution is -2.41. The molecule has 0 amide bonds. The molecule has 0 aromatic heterocycles. The molecule has 0 heterocycles. The first kappa shape index (κ1) is 10.8. The minimum Gasteiger partial charge on any atom is -0.363 e. The Morgan fingerprint density at radius 1 is 1.54 bits per heavy atom. The summed E-state index contributed by atoms with van der Waals surface area (Å²) >= 11 is 5.25. The van der Waals surface area contributed by atoms with Crippen molar-refractivity contribution >= 4 is 17.3 Å². The normalized spacial score (nSPS) is 16.5. The molecule has 1 fully saturated rings. The summed E-state index contributed by atoms with van der Waals surface area (Å²) < 4.78 is 0. The maximum absolute atomic E-state index is 5.25. The van der Waals surface area contributed by atoms with Crippen molar-refractivity contribution < 1.29 is 0 Å². The third-order valence-electron chi connectivity index (χ3n) is 2.63. The fraction of sp³-hybridized carbons (Fsp3) is 0.900. The Hall–Kier alpha value is -0.310. The van der Waals surface area contributed by atoms with E-state index in [0.717, 1.165) is 30.5 Å². The Kier molecular flexibility index (Phi) is 4.50. The Labute approximate surface area is 86.7 Å². The first-order chi connectivity index (χ1) is 6.24. The zero-order valence-corrected chi connectivity index (χ0v) is 9.49. The van der Waals surface area contributed by atoms with E-state index in [4.69, 9.17) is 12.2 Å². The fourth-order valence-corrected chi connectivity index (χ4v) is 1.69. The van der Waals surface area contributed by atoms with Crippen molar-refractivity contribution in [2.45, 2.75) is 32.6 Å². The van der Waals surface area contributed by atoms with Gasteiger partial charge >= 0.3 is 0 Å². The van der Waals surface area contributed by atoms with Gasteiger partial charge in [0, 0.05) is 20.1 Å². The zero-order chi connectivity index (χ0) is 9.68. The van der Waals surface area contributed by atoms with E-state index in [-0.39, 0.29) is 0 Å². The molecule has 0 aliphatic heterocycles. The van der Waals surface area contributed by atoms with E-state index in [9.17, 15) is 0 Å². The molecule has 0 radical (unpaired) electrons. The van der Waals surface area contributed by atoms with Gasteiger partial charge in [-0.25, -0.2) is 0 Å². The molecule has 1 N–H and O–H groups in total. The molecule has 76 valence electrons. The van der Waals surface area contributed by atoms with Gasteiger partial charge in [0.1, 0.15) is 0 Å². The van der Waals surface area contributed by atoms with Gasteiger partial charge in [0.25, 0.3) is 0 Å². The largest absolute Gasteiger partial charge is 0.363 e. The van der Waals surface area contributed by atoms with Gasteiger partial charge in [0.15, 0.2) is 5.11 Å². The molecule has 0 saturated heterocycles. The topological polar surface area (TPSA) is 15.3 Å². The Balaban J connectivity index is 2.13. The smallest absolute Gasteiger partial charge is 0.168 e. The molecule has 0 aromatic carbocycles. The van der Waals surface area contributed by atoms with Crippen LogP contribution in [0.15, 0.2) is 0 Å². The Bertz CT molecular complexity index is 166. The molecule has 0 aromatic rings. The molecule has 13 heavy (non-hydrogen) atoms. The van der Waals surface area contributed by atoms with E-state index in [2.05, 4.69) is 24.2 Å². The van der Waals surface area contributed by atoms with Gasteiger partial charge in [0.2, 0.25) is 0 Å². The number of thiocarbonyl (C=S) groups is 1. The second kappa shape index (κ2) is 5.43. The maximum Gasteiger partial charge on any atom is 0.168 e. The van der Waals surface area contributed by atoms with E-state index >= 15 is 0 Å². The van der Waals surface area contributed by atoms with E-state index in [1.165, 1.54) is 19.3 Å². The molecule has 1 aliphatic carbocycles. The van der Waals surface area contributed by atoms with Crippen LogP contribution in [0.2, 0.25) is 0 Å². The predicted molar refractivity (Wildman–Crippen MR) is 60.9 cm³/mol. The van der Waals surface area contributed by atoms with Gasteiger partial charge in [-0.1, -0.05) is 13.3 Å². The summed E-state index contributed by atoms with van der Waals surface area (Å²) in [6, 6.07) is 0. The van der Waals surface area contributed by atoms with Crippen LogP contribution in [0.25, 0.3) is 0 Å². The predicted octanol–water partition coefficient (Wildman–Crippen LogP) is 2.00. The molecule has 0 spiro atoms. The van der Waals surface area contributed by atoms with Gasteiger partial charge in [-0.15, -0.1) is 0 Å². The number of nitrogens with zero attached hydrogens (tertiary/aromatic N) is 1. The Morgan fingerprint density at radius 2 is 2.23 bits per heavy atom. The lowest BCUT2D eigenvalue weighted by Gasteiger charge is -2.31. The van der Waals surface area contributed by atoms with Crippen molar-refractivity contribution in [1.29, 1.82) is 0 Å². The highest BCUT2D eigenvalue weighted by Gasteiger charge is 2.19. The van der Waals surface area contributed by atoms with Crippen molar-refractivity contribution in [1.82, 2.24) is 10.2 Å². The second-order valence-electron chi connectivity index (χ2n) is 3.91. The van der Waals surface area contributed by atoms with Gasteiger partial charge in [-0.2, -0.15) is 0 Å². The SMILES string of the molecule is CCCNC(=S)N(C)CC1CCC1. The van der Waals surface area contributed by atoms with Crippen LogP contribution < -0.4 is 5.32 Å². The van der Waals surface area contributed by atoms with Gasteiger partial charge in [-0.05, 0) is 37.4 Å². The summed E-state index contributed by atoms with van der Waals surface area (Å²) in [5, 5.41) is 4.15. The second-order valence-corrected chi connectivity index (χ2v) is 4.30.